The SMILES string of the molecule is NC(=O)C12CC3CC(C1)C(NC(=O)N1CCN(c4ccc(N5CCOCC5)cc4)c4ccccc41)C(C3)C2. The molecule has 2 aliphatic heterocycles. The number of morpholine rings is 1. The molecule has 0 spiro atoms. The summed E-state index contributed by atoms with van der Waals surface area (Å²) in [6, 6.07) is 17.0. The van der Waals surface area contributed by atoms with Crippen molar-refractivity contribution < 1.29 is 14.3 Å². The molecule has 0 aromatic heterocycles. The zero-order valence-corrected chi connectivity index (χ0v) is 21.9. The third-order valence-corrected chi connectivity index (χ3v) is 9.88. The van der Waals surface area contributed by atoms with Gasteiger partial charge in [-0.15, -0.1) is 0 Å². The molecule has 4 bridgehead atoms. The molecule has 200 valence electrons. The van der Waals surface area contributed by atoms with Crippen molar-refractivity contribution in [2.24, 2.45) is 28.9 Å². The molecule has 5 fully saturated rings. The van der Waals surface area contributed by atoms with E-state index in [4.69, 9.17) is 10.5 Å². The van der Waals surface area contributed by atoms with Gasteiger partial charge in [0.1, 0.15) is 0 Å². The lowest BCUT2D eigenvalue weighted by Gasteiger charge is -2.59. The summed E-state index contributed by atoms with van der Waals surface area (Å²) in [5.41, 5.74) is 9.86. The number of primary amides is 1. The number of amides is 3. The first-order valence-electron chi connectivity index (χ1n) is 14.2. The van der Waals surface area contributed by atoms with Crippen molar-refractivity contribution in [3.05, 3.63) is 48.5 Å². The van der Waals surface area contributed by atoms with Gasteiger partial charge in [0.2, 0.25) is 5.91 Å². The lowest BCUT2D eigenvalue weighted by molar-refractivity contribution is -0.145. The molecule has 2 heterocycles. The minimum atomic E-state index is -0.340. The highest BCUT2D eigenvalue weighted by Crippen LogP contribution is 2.60. The van der Waals surface area contributed by atoms with Gasteiger partial charge in [-0.05, 0) is 86.3 Å². The van der Waals surface area contributed by atoms with Gasteiger partial charge in [-0.25, -0.2) is 4.79 Å². The van der Waals surface area contributed by atoms with Crippen molar-refractivity contribution in [1.82, 2.24) is 5.32 Å². The van der Waals surface area contributed by atoms with E-state index in [0.717, 1.165) is 82.0 Å². The minimum Gasteiger partial charge on any atom is -0.378 e. The van der Waals surface area contributed by atoms with Gasteiger partial charge in [-0.3, -0.25) is 9.69 Å². The van der Waals surface area contributed by atoms with Gasteiger partial charge in [0.15, 0.2) is 0 Å². The third-order valence-electron chi connectivity index (χ3n) is 9.88. The summed E-state index contributed by atoms with van der Waals surface area (Å²) in [5, 5.41) is 3.43. The normalized spacial score (nSPS) is 31.7. The van der Waals surface area contributed by atoms with E-state index in [1.54, 1.807) is 0 Å². The highest BCUT2D eigenvalue weighted by Gasteiger charge is 2.58. The fraction of sp³-hybridized carbons (Fsp3) is 0.533. The number of carbonyl (C=O) groups is 2. The molecule has 8 rings (SSSR count). The average molecular weight is 516 g/mol. The summed E-state index contributed by atoms with van der Waals surface area (Å²) < 4.78 is 5.49. The number of nitrogens with zero attached hydrogens (tertiary/aromatic N) is 3. The Morgan fingerprint density at radius 2 is 1.50 bits per heavy atom. The Morgan fingerprint density at radius 1 is 0.842 bits per heavy atom. The van der Waals surface area contributed by atoms with Crippen LogP contribution in [0.4, 0.5) is 27.5 Å². The van der Waals surface area contributed by atoms with Crippen LogP contribution in [0.5, 0.6) is 0 Å². The zero-order valence-electron chi connectivity index (χ0n) is 21.9. The predicted molar refractivity (Wildman–Crippen MR) is 148 cm³/mol. The molecule has 4 aliphatic carbocycles. The smallest absolute Gasteiger partial charge is 0.322 e. The number of hydrogen-bond acceptors (Lipinski definition) is 5. The molecule has 38 heavy (non-hydrogen) atoms. The molecule has 2 aromatic carbocycles. The summed E-state index contributed by atoms with van der Waals surface area (Å²) in [6.07, 6.45) is 4.79. The number of para-hydroxylation sites is 2. The Balaban J connectivity index is 1.08. The second-order valence-corrected chi connectivity index (χ2v) is 12.0. The summed E-state index contributed by atoms with van der Waals surface area (Å²) in [6.45, 7) is 4.73. The van der Waals surface area contributed by atoms with Crippen molar-refractivity contribution in [2.45, 2.75) is 38.1 Å². The molecular weight excluding hydrogens is 478 g/mol. The van der Waals surface area contributed by atoms with Crippen molar-refractivity contribution in [2.75, 3.05) is 54.1 Å². The number of ether oxygens (including phenoxy) is 1. The quantitative estimate of drug-likeness (QED) is 0.645. The van der Waals surface area contributed by atoms with Crippen LogP contribution in [0.3, 0.4) is 0 Å². The summed E-state index contributed by atoms with van der Waals surface area (Å²) in [5.74, 6) is 1.13. The Labute approximate surface area is 224 Å². The monoisotopic (exact) mass is 515 g/mol. The largest absolute Gasteiger partial charge is 0.378 e. The fourth-order valence-electron chi connectivity index (χ4n) is 8.29. The molecule has 3 N–H and O–H groups in total. The lowest BCUT2D eigenvalue weighted by atomic mass is 9.47. The minimum absolute atomic E-state index is 0.0228. The Morgan fingerprint density at radius 3 is 2.18 bits per heavy atom. The highest BCUT2D eigenvalue weighted by molar-refractivity contribution is 5.98. The van der Waals surface area contributed by atoms with Crippen LogP contribution < -0.4 is 25.8 Å². The van der Waals surface area contributed by atoms with Crippen molar-refractivity contribution >= 4 is 34.7 Å². The van der Waals surface area contributed by atoms with Gasteiger partial charge in [-0.2, -0.15) is 0 Å². The topological polar surface area (TPSA) is 91.1 Å². The zero-order chi connectivity index (χ0) is 25.9. The summed E-state index contributed by atoms with van der Waals surface area (Å²) >= 11 is 0. The lowest BCUT2D eigenvalue weighted by Crippen LogP contribution is -2.63. The maximum absolute atomic E-state index is 13.7. The highest BCUT2D eigenvalue weighted by atomic mass is 16.5. The van der Waals surface area contributed by atoms with E-state index >= 15 is 0 Å². The predicted octanol–water partition coefficient (Wildman–Crippen LogP) is 3.87. The molecule has 0 radical (unpaired) electrons. The van der Waals surface area contributed by atoms with E-state index in [0.29, 0.717) is 24.3 Å². The van der Waals surface area contributed by atoms with E-state index in [-0.39, 0.29) is 23.4 Å². The van der Waals surface area contributed by atoms with Crippen LogP contribution >= 0.6 is 0 Å². The number of nitrogens with two attached hydrogens (primary N) is 1. The second-order valence-electron chi connectivity index (χ2n) is 12.0. The fourth-order valence-corrected chi connectivity index (χ4v) is 8.29. The number of rotatable bonds is 4. The van der Waals surface area contributed by atoms with Gasteiger partial charge in [0, 0.05) is 49.0 Å². The van der Waals surface area contributed by atoms with Crippen LogP contribution in [0.1, 0.15) is 32.1 Å². The molecule has 4 saturated carbocycles. The summed E-state index contributed by atoms with van der Waals surface area (Å²) in [7, 11) is 0. The van der Waals surface area contributed by atoms with Gasteiger partial charge < -0.3 is 25.6 Å². The first kappa shape index (κ1) is 23.8. The molecule has 2 atom stereocenters. The number of anilines is 4. The van der Waals surface area contributed by atoms with E-state index in [1.807, 2.05) is 23.1 Å². The van der Waals surface area contributed by atoms with Crippen LogP contribution in [0.2, 0.25) is 0 Å². The second kappa shape index (κ2) is 9.19. The van der Waals surface area contributed by atoms with Gasteiger partial charge in [0.05, 0.1) is 24.6 Å². The Bertz CT molecular complexity index is 1210. The Hall–Kier alpha value is -3.26. The standard InChI is InChI=1S/C30H37N5O3/c31-28(36)30-17-20-15-21(18-30)27(22(16-20)19-30)32-29(37)35-10-9-34(25-3-1-2-4-26(25)35)24-7-5-23(6-8-24)33-11-13-38-14-12-33/h1-8,20-22,27H,9-19H2,(H2,31,36)(H,32,37). The first-order chi connectivity index (χ1) is 18.5. The van der Waals surface area contributed by atoms with Crippen LogP contribution in [-0.4, -0.2) is 57.4 Å². The number of nitrogens with one attached hydrogen (secondary N) is 1. The number of carbonyl (C=O) groups excluding carboxylic acids is 2. The number of hydrogen-bond donors (Lipinski definition) is 2. The Kier molecular flexibility index (Phi) is 5.76. The van der Waals surface area contributed by atoms with E-state index in [1.165, 1.54) is 5.69 Å². The van der Waals surface area contributed by atoms with Gasteiger partial charge >= 0.3 is 6.03 Å². The van der Waals surface area contributed by atoms with Crippen LogP contribution in [0.15, 0.2) is 48.5 Å². The van der Waals surface area contributed by atoms with E-state index < -0.39 is 0 Å². The summed E-state index contributed by atoms with van der Waals surface area (Å²) in [4.78, 5) is 32.6. The molecular formula is C30H37N5O3. The molecule has 2 unspecified atom stereocenters. The van der Waals surface area contributed by atoms with Gasteiger partial charge in [-0.1, -0.05) is 12.1 Å². The number of fused-ring (bicyclic) bond motifs is 1. The van der Waals surface area contributed by atoms with Crippen molar-refractivity contribution in [3.63, 3.8) is 0 Å². The first-order valence-corrected chi connectivity index (χ1v) is 14.2. The van der Waals surface area contributed by atoms with Crippen LogP contribution in [0.25, 0.3) is 0 Å². The van der Waals surface area contributed by atoms with E-state index in [2.05, 4.69) is 45.4 Å². The molecule has 2 aromatic rings. The third kappa shape index (κ3) is 3.92. The van der Waals surface area contributed by atoms with Crippen LogP contribution in [-0.2, 0) is 9.53 Å². The number of urea groups is 1. The maximum atomic E-state index is 13.7. The molecule has 8 nitrogen and oxygen atoms in total. The molecule has 3 amide bonds. The van der Waals surface area contributed by atoms with Gasteiger partial charge in [0.25, 0.3) is 0 Å². The molecule has 1 saturated heterocycles. The molecule has 8 heteroatoms. The molecule has 6 aliphatic rings. The van der Waals surface area contributed by atoms with Crippen molar-refractivity contribution in [3.8, 4) is 0 Å². The van der Waals surface area contributed by atoms with Crippen LogP contribution in [0, 0.1) is 23.2 Å². The van der Waals surface area contributed by atoms with E-state index in [9.17, 15) is 9.59 Å². The average Bonchev–Trinajstić information content (AvgIpc) is 2.94. The van der Waals surface area contributed by atoms with Crippen molar-refractivity contribution in [1.29, 1.82) is 0 Å². The number of benzene rings is 2. The maximum Gasteiger partial charge on any atom is 0.322 e.